The first-order valence-electron chi connectivity index (χ1n) is 11.2. The summed E-state index contributed by atoms with van der Waals surface area (Å²) in [4.78, 5) is 36.1. The number of hydrogen-bond donors (Lipinski definition) is 3. The van der Waals surface area contributed by atoms with Crippen molar-refractivity contribution in [2.45, 2.75) is 47.1 Å². The molecule has 2 rings (SSSR count). The molecule has 0 unspecified atom stereocenters. The van der Waals surface area contributed by atoms with Gasteiger partial charge >= 0.3 is 11.8 Å². The predicted octanol–water partition coefficient (Wildman–Crippen LogP) is 3.69. The second kappa shape index (κ2) is 13.7. The summed E-state index contributed by atoms with van der Waals surface area (Å²) in [6.45, 7) is 9.67. The topological polar surface area (TPSA) is 118 Å². The van der Waals surface area contributed by atoms with Crippen LogP contribution in [0.1, 0.15) is 43.9 Å². The number of aryl methyl sites for hydroxylation is 2. The molecule has 10 heteroatoms. The quantitative estimate of drug-likeness (QED) is 0.168. The molecular weight excluding hydrogens is 563 g/mol. The monoisotopic (exact) mass is 594 g/mol. The standard InChI is InChI=1S/C25H31IN4O5/c1-6-17(5)28-24(32)25(33)30-27-13-18-11-20(26)23(21(12-18)34-7-2)35-14-22(31)29-19-9-15(3)8-16(4)10-19/h8-13,17H,6-7,14H2,1-5H3,(H,28,32)(H,29,31)(H,30,33)/b27-13-/t17-/m0/s1. The highest BCUT2D eigenvalue weighted by atomic mass is 127. The number of hydrogen-bond acceptors (Lipinski definition) is 6. The van der Waals surface area contributed by atoms with Crippen LogP contribution < -0.4 is 25.5 Å². The number of halogens is 1. The predicted molar refractivity (Wildman–Crippen MR) is 144 cm³/mol. The van der Waals surface area contributed by atoms with E-state index < -0.39 is 11.8 Å². The van der Waals surface area contributed by atoms with E-state index >= 15 is 0 Å². The van der Waals surface area contributed by atoms with Crippen LogP contribution in [0.25, 0.3) is 0 Å². The number of nitrogens with zero attached hydrogens (tertiary/aromatic N) is 1. The molecule has 2 aromatic carbocycles. The largest absolute Gasteiger partial charge is 0.490 e. The summed E-state index contributed by atoms with van der Waals surface area (Å²) in [5.41, 5.74) is 5.65. The van der Waals surface area contributed by atoms with Crippen LogP contribution >= 0.6 is 22.6 Å². The highest BCUT2D eigenvalue weighted by Crippen LogP contribution is 2.34. The molecule has 9 nitrogen and oxygen atoms in total. The van der Waals surface area contributed by atoms with E-state index in [9.17, 15) is 14.4 Å². The zero-order valence-electron chi connectivity index (χ0n) is 20.5. The van der Waals surface area contributed by atoms with Gasteiger partial charge in [-0.3, -0.25) is 14.4 Å². The van der Waals surface area contributed by atoms with Crippen molar-refractivity contribution in [1.29, 1.82) is 0 Å². The van der Waals surface area contributed by atoms with Gasteiger partial charge in [0.2, 0.25) is 0 Å². The molecule has 0 heterocycles. The van der Waals surface area contributed by atoms with Crippen molar-refractivity contribution >= 4 is 52.2 Å². The lowest BCUT2D eigenvalue weighted by molar-refractivity contribution is -0.139. The molecule has 0 spiro atoms. The van der Waals surface area contributed by atoms with Crippen LogP contribution in [0.2, 0.25) is 0 Å². The Morgan fingerprint density at radius 1 is 1.03 bits per heavy atom. The van der Waals surface area contributed by atoms with Gasteiger partial charge in [-0.15, -0.1) is 0 Å². The molecular formula is C25H31IN4O5. The Balaban J connectivity index is 2.05. The third kappa shape index (κ3) is 9.19. The normalized spacial score (nSPS) is 11.6. The summed E-state index contributed by atoms with van der Waals surface area (Å²) in [6, 6.07) is 9.14. The number of nitrogens with one attached hydrogen (secondary N) is 3. The van der Waals surface area contributed by atoms with Crippen LogP contribution in [0.5, 0.6) is 11.5 Å². The summed E-state index contributed by atoms with van der Waals surface area (Å²) >= 11 is 2.07. The van der Waals surface area contributed by atoms with Crippen molar-refractivity contribution in [3.63, 3.8) is 0 Å². The molecule has 0 fully saturated rings. The van der Waals surface area contributed by atoms with Crippen molar-refractivity contribution in [1.82, 2.24) is 10.7 Å². The Morgan fingerprint density at radius 2 is 1.71 bits per heavy atom. The van der Waals surface area contributed by atoms with Gasteiger partial charge < -0.3 is 20.1 Å². The SMILES string of the molecule is CCOc1cc(/C=N\NC(=O)C(=O)N[C@@H](C)CC)cc(I)c1OCC(=O)Nc1cc(C)cc(C)c1. The van der Waals surface area contributed by atoms with Gasteiger partial charge in [-0.25, -0.2) is 5.43 Å². The lowest BCUT2D eigenvalue weighted by Gasteiger charge is -2.15. The second-order valence-electron chi connectivity index (χ2n) is 7.96. The molecule has 0 aliphatic carbocycles. The molecule has 0 saturated heterocycles. The molecule has 0 aromatic heterocycles. The molecule has 0 bridgehead atoms. The Hall–Kier alpha value is -3.15. The number of ether oxygens (including phenoxy) is 2. The van der Waals surface area contributed by atoms with Gasteiger partial charge in [0.15, 0.2) is 18.1 Å². The first kappa shape index (κ1) is 28.1. The molecule has 0 saturated carbocycles. The summed E-state index contributed by atoms with van der Waals surface area (Å²) in [5, 5.41) is 9.26. The minimum Gasteiger partial charge on any atom is -0.490 e. The third-order valence-electron chi connectivity index (χ3n) is 4.76. The number of carbonyl (C=O) groups is 3. The van der Waals surface area contributed by atoms with Gasteiger partial charge in [0.25, 0.3) is 5.91 Å². The van der Waals surface area contributed by atoms with E-state index in [2.05, 4.69) is 43.8 Å². The first-order chi connectivity index (χ1) is 16.6. The van der Waals surface area contributed by atoms with E-state index in [1.165, 1.54) is 6.21 Å². The van der Waals surface area contributed by atoms with Crippen LogP contribution in [0.4, 0.5) is 5.69 Å². The van der Waals surface area contributed by atoms with Crippen LogP contribution in [-0.4, -0.2) is 43.2 Å². The second-order valence-corrected chi connectivity index (χ2v) is 9.12. The fourth-order valence-corrected chi connectivity index (χ4v) is 3.84. The molecule has 0 aliphatic heterocycles. The molecule has 1 atom stereocenters. The van der Waals surface area contributed by atoms with Crippen LogP contribution in [0.15, 0.2) is 35.4 Å². The van der Waals surface area contributed by atoms with Crippen LogP contribution in [-0.2, 0) is 14.4 Å². The van der Waals surface area contributed by atoms with Crippen molar-refractivity contribution < 1.29 is 23.9 Å². The van der Waals surface area contributed by atoms with E-state index in [-0.39, 0.29) is 18.6 Å². The van der Waals surface area contributed by atoms with E-state index in [4.69, 9.17) is 9.47 Å². The highest BCUT2D eigenvalue weighted by molar-refractivity contribution is 14.1. The minimum atomic E-state index is -0.851. The lowest BCUT2D eigenvalue weighted by atomic mass is 10.1. The van der Waals surface area contributed by atoms with Crippen molar-refractivity contribution in [3.05, 3.63) is 50.6 Å². The number of anilines is 1. The molecule has 3 amide bonds. The maximum Gasteiger partial charge on any atom is 0.329 e. The van der Waals surface area contributed by atoms with E-state index in [1.54, 1.807) is 12.1 Å². The number of carbonyl (C=O) groups excluding carboxylic acids is 3. The third-order valence-corrected chi connectivity index (χ3v) is 5.56. The summed E-state index contributed by atoms with van der Waals surface area (Å²) in [6.07, 6.45) is 2.11. The molecule has 188 valence electrons. The van der Waals surface area contributed by atoms with Gasteiger partial charge in [-0.1, -0.05) is 13.0 Å². The molecule has 2 aromatic rings. The van der Waals surface area contributed by atoms with Gasteiger partial charge in [-0.2, -0.15) is 5.10 Å². The fraction of sp³-hybridized carbons (Fsp3) is 0.360. The Morgan fingerprint density at radius 3 is 2.34 bits per heavy atom. The van der Waals surface area contributed by atoms with Crippen molar-refractivity contribution in [2.75, 3.05) is 18.5 Å². The first-order valence-corrected chi connectivity index (χ1v) is 12.3. The van der Waals surface area contributed by atoms with Gasteiger partial charge in [-0.05, 0) is 97.7 Å². The maximum atomic E-state index is 12.4. The number of amides is 3. The van der Waals surface area contributed by atoms with Gasteiger partial charge in [0, 0.05) is 11.7 Å². The van der Waals surface area contributed by atoms with E-state index in [1.807, 2.05) is 52.8 Å². The maximum absolute atomic E-state index is 12.4. The van der Waals surface area contributed by atoms with Crippen molar-refractivity contribution in [2.24, 2.45) is 5.10 Å². The Labute approximate surface area is 219 Å². The van der Waals surface area contributed by atoms with E-state index in [0.29, 0.717) is 39.3 Å². The van der Waals surface area contributed by atoms with E-state index in [0.717, 1.165) is 11.1 Å². The highest BCUT2D eigenvalue weighted by Gasteiger charge is 2.16. The summed E-state index contributed by atoms with van der Waals surface area (Å²) in [7, 11) is 0. The molecule has 0 radical (unpaired) electrons. The Kier molecular flexibility index (Phi) is 11.0. The molecule has 35 heavy (non-hydrogen) atoms. The fourth-order valence-electron chi connectivity index (χ4n) is 3.05. The average Bonchev–Trinajstić information content (AvgIpc) is 2.77. The average molecular weight is 594 g/mol. The molecule has 0 aliphatic rings. The number of hydrazone groups is 1. The number of benzene rings is 2. The van der Waals surface area contributed by atoms with Crippen LogP contribution in [0.3, 0.4) is 0 Å². The van der Waals surface area contributed by atoms with Gasteiger partial charge in [0.05, 0.1) is 16.4 Å². The number of rotatable bonds is 10. The minimum absolute atomic E-state index is 0.108. The van der Waals surface area contributed by atoms with Crippen molar-refractivity contribution in [3.8, 4) is 11.5 Å². The zero-order chi connectivity index (χ0) is 26.0. The van der Waals surface area contributed by atoms with Crippen LogP contribution in [0, 0.1) is 17.4 Å². The zero-order valence-corrected chi connectivity index (χ0v) is 22.7. The molecule has 3 N–H and O–H groups in total. The summed E-state index contributed by atoms with van der Waals surface area (Å²) < 4.78 is 12.2. The van der Waals surface area contributed by atoms with Gasteiger partial charge in [0.1, 0.15) is 0 Å². The Bertz CT molecular complexity index is 1080. The lowest BCUT2D eigenvalue weighted by Crippen LogP contribution is -2.41. The smallest absolute Gasteiger partial charge is 0.329 e. The summed E-state index contributed by atoms with van der Waals surface area (Å²) in [5.74, 6) is -1.03.